The standard InChI is InChI=1S/C23H22BrN3O2S/c24-16-8-6-15(7-9-16)19-10-11-20(29-19)22-21(18-5-1-2-12-25-18)26-23(30)27(22)14-17-4-3-13-28-17/h1-2,5-12,17,21-22H,3-4,13-14H2,(H,26,30)/t17-,21-,22-/m1/s1. The van der Waals surface area contributed by atoms with Crippen molar-refractivity contribution in [2.24, 2.45) is 0 Å². The van der Waals surface area contributed by atoms with Gasteiger partial charge in [0.2, 0.25) is 0 Å². The van der Waals surface area contributed by atoms with E-state index in [1.165, 1.54) is 0 Å². The average molecular weight is 484 g/mol. The van der Waals surface area contributed by atoms with E-state index in [0.717, 1.165) is 53.2 Å². The van der Waals surface area contributed by atoms with Crippen molar-refractivity contribution in [1.82, 2.24) is 15.2 Å². The number of benzene rings is 1. The van der Waals surface area contributed by atoms with Gasteiger partial charge in [-0.05, 0) is 61.5 Å². The summed E-state index contributed by atoms with van der Waals surface area (Å²) in [6, 6.07) is 18.0. The zero-order valence-electron chi connectivity index (χ0n) is 16.3. The quantitative estimate of drug-likeness (QED) is 0.499. The number of hydrogen-bond acceptors (Lipinski definition) is 4. The first kappa shape index (κ1) is 19.7. The molecule has 3 aromatic rings. The lowest BCUT2D eigenvalue weighted by Crippen LogP contribution is -2.36. The summed E-state index contributed by atoms with van der Waals surface area (Å²) in [4.78, 5) is 6.79. The number of halogens is 1. The molecule has 5 nitrogen and oxygen atoms in total. The molecule has 2 aliphatic heterocycles. The fourth-order valence-corrected chi connectivity index (χ4v) is 4.78. The maximum Gasteiger partial charge on any atom is 0.170 e. The van der Waals surface area contributed by atoms with Crippen LogP contribution in [0.3, 0.4) is 0 Å². The van der Waals surface area contributed by atoms with Gasteiger partial charge in [0.1, 0.15) is 17.6 Å². The van der Waals surface area contributed by atoms with E-state index in [9.17, 15) is 0 Å². The first-order chi connectivity index (χ1) is 14.7. The SMILES string of the molecule is S=C1N[C@H](c2ccccn2)[C@@H](c2ccc(-c3ccc(Br)cc3)o2)N1C[C@H]1CCCO1. The lowest BCUT2D eigenvalue weighted by Gasteiger charge is -2.28. The molecule has 30 heavy (non-hydrogen) atoms. The first-order valence-corrected chi connectivity index (χ1v) is 11.3. The smallest absolute Gasteiger partial charge is 0.170 e. The van der Waals surface area contributed by atoms with Gasteiger partial charge in [-0.25, -0.2) is 0 Å². The van der Waals surface area contributed by atoms with E-state index >= 15 is 0 Å². The van der Waals surface area contributed by atoms with E-state index in [4.69, 9.17) is 21.4 Å². The van der Waals surface area contributed by atoms with Crippen LogP contribution in [0.2, 0.25) is 0 Å². The van der Waals surface area contributed by atoms with Gasteiger partial charge in [0, 0.05) is 29.4 Å². The summed E-state index contributed by atoms with van der Waals surface area (Å²) >= 11 is 9.22. The largest absolute Gasteiger partial charge is 0.459 e. The summed E-state index contributed by atoms with van der Waals surface area (Å²) in [5.41, 5.74) is 1.99. The number of nitrogens with zero attached hydrogens (tertiary/aromatic N) is 2. The molecule has 0 radical (unpaired) electrons. The zero-order valence-corrected chi connectivity index (χ0v) is 18.7. The maximum atomic E-state index is 6.36. The first-order valence-electron chi connectivity index (χ1n) is 10.1. The third-order valence-corrected chi connectivity index (χ3v) is 6.55. The van der Waals surface area contributed by atoms with Crippen LogP contribution in [-0.2, 0) is 4.74 Å². The predicted octanol–water partition coefficient (Wildman–Crippen LogP) is 5.26. The molecular formula is C23H22BrN3O2S. The second-order valence-electron chi connectivity index (χ2n) is 7.62. The minimum absolute atomic E-state index is 0.0796. The molecule has 154 valence electrons. The van der Waals surface area contributed by atoms with Crippen LogP contribution >= 0.6 is 28.1 Å². The molecule has 0 spiro atoms. The van der Waals surface area contributed by atoms with Gasteiger partial charge in [-0.3, -0.25) is 4.98 Å². The maximum absolute atomic E-state index is 6.36. The van der Waals surface area contributed by atoms with Crippen molar-refractivity contribution >= 4 is 33.3 Å². The van der Waals surface area contributed by atoms with Gasteiger partial charge in [-0.2, -0.15) is 0 Å². The van der Waals surface area contributed by atoms with E-state index < -0.39 is 0 Å². The molecule has 3 atom stereocenters. The molecule has 2 aromatic heterocycles. The Bertz CT molecular complexity index is 1020. The topological polar surface area (TPSA) is 50.5 Å². The van der Waals surface area contributed by atoms with Crippen molar-refractivity contribution < 1.29 is 9.15 Å². The van der Waals surface area contributed by atoms with Crippen LogP contribution in [0.15, 0.2) is 69.7 Å². The number of thiocarbonyl (C=S) groups is 1. The van der Waals surface area contributed by atoms with Crippen LogP contribution < -0.4 is 5.32 Å². The monoisotopic (exact) mass is 483 g/mol. The molecule has 1 N–H and O–H groups in total. The van der Waals surface area contributed by atoms with Gasteiger partial charge in [0.25, 0.3) is 0 Å². The van der Waals surface area contributed by atoms with E-state index in [1.807, 2.05) is 54.7 Å². The second-order valence-corrected chi connectivity index (χ2v) is 8.93. The molecular weight excluding hydrogens is 462 g/mol. The number of nitrogens with one attached hydrogen (secondary N) is 1. The Labute approximate surface area is 189 Å². The molecule has 0 saturated carbocycles. The molecule has 4 heterocycles. The number of furan rings is 1. The summed E-state index contributed by atoms with van der Waals surface area (Å²) in [5, 5.41) is 4.19. The number of rotatable bonds is 5. The predicted molar refractivity (Wildman–Crippen MR) is 123 cm³/mol. The number of ether oxygens (including phenoxy) is 1. The highest BCUT2D eigenvalue weighted by Gasteiger charge is 2.42. The van der Waals surface area contributed by atoms with Crippen LogP contribution in [0.25, 0.3) is 11.3 Å². The van der Waals surface area contributed by atoms with Crippen LogP contribution in [0.5, 0.6) is 0 Å². The average Bonchev–Trinajstić information content (AvgIpc) is 3.51. The fourth-order valence-electron chi connectivity index (χ4n) is 4.20. The lowest BCUT2D eigenvalue weighted by atomic mass is 10.0. The molecule has 2 fully saturated rings. The lowest BCUT2D eigenvalue weighted by molar-refractivity contribution is 0.0818. The Morgan fingerprint density at radius 3 is 2.73 bits per heavy atom. The van der Waals surface area contributed by atoms with Gasteiger partial charge in [0.05, 0.1) is 17.8 Å². The Balaban J connectivity index is 1.50. The third-order valence-electron chi connectivity index (χ3n) is 5.67. The van der Waals surface area contributed by atoms with E-state index in [1.54, 1.807) is 0 Å². The Morgan fingerprint density at radius 1 is 1.13 bits per heavy atom. The highest BCUT2D eigenvalue weighted by atomic mass is 79.9. The van der Waals surface area contributed by atoms with Crippen molar-refractivity contribution in [3.63, 3.8) is 0 Å². The number of pyridine rings is 1. The van der Waals surface area contributed by atoms with Crippen molar-refractivity contribution in [3.8, 4) is 11.3 Å². The minimum atomic E-state index is -0.0826. The van der Waals surface area contributed by atoms with Crippen molar-refractivity contribution in [1.29, 1.82) is 0 Å². The van der Waals surface area contributed by atoms with Crippen LogP contribution in [0, 0.1) is 0 Å². The van der Waals surface area contributed by atoms with Crippen molar-refractivity contribution in [2.45, 2.75) is 31.0 Å². The summed E-state index contributed by atoms with van der Waals surface area (Å²) in [7, 11) is 0. The summed E-state index contributed by atoms with van der Waals surface area (Å²) in [6.07, 6.45) is 4.16. The highest BCUT2D eigenvalue weighted by molar-refractivity contribution is 9.10. The van der Waals surface area contributed by atoms with Crippen LogP contribution in [-0.4, -0.2) is 34.3 Å². The molecule has 2 saturated heterocycles. The Kier molecular flexibility index (Phi) is 5.58. The van der Waals surface area contributed by atoms with Gasteiger partial charge < -0.3 is 19.4 Å². The van der Waals surface area contributed by atoms with Gasteiger partial charge in [-0.1, -0.05) is 34.1 Å². The van der Waals surface area contributed by atoms with Gasteiger partial charge in [0.15, 0.2) is 5.11 Å². The van der Waals surface area contributed by atoms with E-state index in [0.29, 0.717) is 5.11 Å². The Hall–Kier alpha value is -2.22. The fraction of sp³-hybridized carbons (Fsp3) is 0.304. The van der Waals surface area contributed by atoms with Gasteiger partial charge >= 0.3 is 0 Å². The number of hydrogen-bond donors (Lipinski definition) is 1. The highest BCUT2D eigenvalue weighted by Crippen LogP contribution is 2.41. The second kappa shape index (κ2) is 8.49. The number of aromatic nitrogens is 1. The van der Waals surface area contributed by atoms with Crippen molar-refractivity contribution in [3.05, 3.63) is 76.7 Å². The molecule has 0 aliphatic carbocycles. The minimum Gasteiger partial charge on any atom is -0.459 e. The summed E-state index contributed by atoms with van der Waals surface area (Å²) in [6.45, 7) is 1.57. The summed E-state index contributed by atoms with van der Waals surface area (Å²) in [5.74, 6) is 1.71. The van der Waals surface area contributed by atoms with E-state index in [2.05, 4.69) is 37.2 Å². The third kappa shape index (κ3) is 3.89. The molecule has 0 amide bonds. The molecule has 0 bridgehead atoms. The van der Waals surface area contributed by atoms with Crippen LogP contribution in [0.4, 0.5) is 0 Å². The van der Waals surface area contributed by atoms with Crippen molar-refractivity contribution in [2.75, 3.05) is 13.2 Å². The van der Waals surface area contributed by atoms with Crippen LogP contribution in [0.1, 0.15) is 36.4 Å². The molecule has 0 unspecified atom stereocenters. The molecule has 2 aliphatic rings. The molecule has 7 heteroatoms. The molecule has 5 rings (SSSR count). The zero-order chi connectivity index (χ0) is 20.5. The van der Waals surface area contributed by atoms with Gasteiger partial charge in [-0.15, -0.1) is 0 Å². The normalized spacial score (nSPS) is 23.7. The summed E-state index contributed by atoms with van der Waals surface area (Å²) < 4.78 is 13.3. The Morgan fingerprint density at radius 2 is 2.00 bits per heavy atom. The molecule has 1 aromatic carbocycles. The van der Waals surface area contributed by atoms with E-state index in [-0.39, 0.29) is 18.2 Å².